The molecule has 2 N–H and O–H groups in total. The highest BCUT2D eigenvalue weighted by atomic mass is 16.1. The zero-order valence-corrected chi connectivity index (χ0v) is 8.53. The number of allylic oxidation sites excluding steroid dienone is 1. The number of benzene rings is 1. The molecule has 0 aliphatic carbocycles. The second-order valence-electron chi connectivity index (χ2n) is 3.54. The van der Waals surface area contributed by atoms with Gasteiger partial charge in [-0.3, -0.25) is 4.79 Å². The van der Waals surface area contributed by atoms with Gasteiger partial charge in [-0.2, -0.15) is 0 Å². The molecule has 0 fully saturated rings. The van der Waals surface area contributed by atoms with Crippen molar-refractivity contribution in [2.45, 2.75) is 19.8 Å². The SMILES string of the molecule is CC(C)c1ccc(N)c(C=CC=O)c1. The van der Waals surface area contributed by atoms with E-state index in [1.165, 1.54) is 11.6 Å². The Hall–Kier alpha value is -1.57. The molecule has 0 aliphatic rings. The maximum Gasteiger partial charge on any atom is 0.142 e. The largest absolute Gasteiger partial charge is 0.398 e. The molecule has 1 rings (SSSR count). The minimum atomic E-state index is 0.471. The molecule has 74 valence electrons. The lowest BCUT2D eigenvalue weighted by Crippen LogP contribution is -1.93. The molecule has 1 aromatic rings. The number of nitrogen functional groups attached to an aromatic ring is 1. The lowest BCUT2D eigenvalue weighted by molar-refractivity contribution is -0.104. The highest BCUT2D eigenvalue weighted by molar-refractivity contribution is 5.77. The molecule has 0 radical (unpaired) electrons. The molecule has 1 aromatic carbocycles. The van der Waals surface area contributed by atoms with Gasteiger partial charge in [0.1, 0.15) is 6.29 Å². The van der Waals surface area contributed by atoms with Crippen molar-refractivity contribution in [1.29, 1.82) is 0 Å². The second kappa shape index (κ2) is 4.61. The zero-order chi connectivity index (χ0) is 10.6. The summed E-state index contributed by atoms with van der Waals surface area (Å²) in [6.45, 7) is 4.25. The van der Waals surface area contributed by atoms with Crippen LogP contribution >= 0.6 is 0 Å². The standard InChI is InChI=1S/C12H15NO/c1-9(2)10-5-6-12(13)11(8-10)4-3-7-14/h3-9H,13H2,1-2H3. The molecule has 0 saturated heterocycles. The molecule has 0 unspecified atom stereocenters. The fourth-order valence-electron chi connectivity index (χ4n) is 1.24. The topological polar surface area (TPSA) is 43.1 Å². The summed E-state index contributed by atoms with van der Waals surface area (Å²) in [4.78, 5) is 10.2. The molecular weight excluding hydrogens is 174 g/mol. The molecule has 0 aliphatic heterocycles. The van der Waals surface area contributed by atoms with Gasteiger partial charge < -0.3 is 5.73 Å². The number of rotatable bonds is 3. The van der Waals surface area contributed by atoms with Crippen LogP contribution in [-0.4, -0.2) is 6.29 Å². The molecule has 0 atom stereocenters. The van der Waals surface area contributed by atoms with Crippen LogP contribution in [0.1, 0.15) is 30.9 Å². The van der Waals surface area contributed by atoms with Crippen molar-refractivity contribution in [3.63, 3.8) is 0 Å². The summed E-state index contributed by atoms with van der Waals surface area (Å²) < 4.78 is 0. The van der Waals surface area contributed by atoms with Crippen molar-refractivity contribution in [3.05, 3.63) is 35.4 Å². The number of nitrogens with two attached hydrogens (primary N) is 1. The van der Waals surface area contributed by atoms with Gasteiger partial charge in [0.25, 0.3) is 0 Å². The van der Waals surface area contributed by atoms with E-state index in [4.69, 9.17) is 5.73 Å². The lowest BCUT2D eigenvalue weighted by Gasteiger charge is -2.08. The molecule has 0 heterocycles. The quantitative estimate of drug-likeness (QED) is 0.451. The Labute approximate surface area is 84.4 Å². The molecule has 0 spiro atoms. The van der Waals surface area contributed by atoms with Gasteiger partial charge in [-0.15, -0.1) is 0 Å². The third kappa shape index (κ3) is 2.46. The number of hydrogen-bond donors (Lipinski definition) is 1. The van der Waals surface area contributed by atoms with E-state index in [0.717, 1.165) is 11.8 Å². The number of aldehydes is 1. The monoisotopic (exact) mass is 189 g/mol. The Bertz CT molecular complexity index is 353. The summed E-state index contributed by atoms with van der Waals surface area (Å²) >= 11 is 0. The summed E-state index contributed by atoms with van der Waals surface area (Å²) in [5.41, 5.74) is 8.60. The van der Waals surface area contributed by atoms with E-state index in [2.05, 4.69) is 13.8 Å². The predicted molar refractivity (Wildman–Crippen MR) is 60.0 cm³/mol. The maximum absolute atomic E-state index is 10.2. The molecule has 0 aromatic heterocycles. The van der Waals surface area contributed by atoms with Crippen molar-refractivity contribution in [2.24, 2.45) is 0 Å². The van der Waals surface area contributed by atoms with Crippen molar-refractivity contribution in [2.75, 3.05) is 5.73 Å². The first-order valence-electron chi connectivity index (χ1n) is 4.66. The van der Waals surface area contributed by atoms with Gasteiger partial charge in [-0.25, -0.2) is 0 Å². The molecule has 14 heavy (non-hydrogen) atoms. The Morgan fingerprint density at radius 1 is 1.36 bits per heavy atom. The highest BCUT2D eigenvalue weighted by Crippen LogP contribution is 2.21. The normalized spacial score (nSPS) is 11.1. The zero-order valence-electron chi connectivity index (χ0n) is 8.53. The minimum Gasteiger partial charge on any atom is -0.398 e. The van der Waals surface area contributed by atoms with Gasteiger partial charge in [0.05, 0.1) is 0 Å². The fourth-order valence-corrected chi connectivity index (χ4v) is 1.24. The Morgan fingerprint density at radius 3 is 2.64 bits per heavy atom. The van der Waals surface area contributed by atoms with Crippen molar-refractivity contribution in [1.82, 2.24) is 0 Å². The van der Waals surface area contributed by atoms with Gasteiger partial charge in [0.15, 0.2) is 0 Å². The van der Waals surface area contributed by atoms with E-state index in [1.54, 1.807) is 6.08 Å². The molecule has 0 bridgehead atoms. The van der Waals surface area contributed by atoms with Gasteiger partial charge >= 0.3 is 0 Å². The van der Waals surface area contributed by atoms with E-state index in [9.17, 15) is 4.79 Å². The van der Waals surface area contributed by atoms with Crippen LogP contribution in [0.25, 0.3) is 6.08 Å². The van der Waals surface area contributed by atoms with E-state index in [0.29, 0.717) is 11.6 Å². The Balaban J connectivity index is 3.08. The molecule has 2 nitrogen and oxygen atoms in total. The van der Waals surface area contributed by atoms with Crippen LogP contribution in [0.15, 0.2) is 24.3 Å². The van der Waals surface area contributed by atoms with E-state index in [1.807, 2.05) is 18.2 Å². The lowest BCUT2D eigenvalue weighted by atomic mass is 9.99. The smallest absolute Gasteiger partial charge is 0.142 e. The predicted octanol–water partition coefficient (Wildman–Crippen LogP) is 2.60. The molecule has 0 saturated carbocycles. The summed E-state index contributed by atoms with van der Waals surface area (Å²) in [5.74, 6) is 0.471. The summed E-state index contributed by atoms with van der Waals surface area (Å²) in [6.07, 6.45) is 3.94. The molecule has 2 heteroatoms. The van der Waals surface area contributed by atoms with Crippen LogP contribution in [-0.2, 0) is 4.79 Å². The van der Waals surface area contributed by atoms with E-state index >= 15 is 0 Å². The van der Waals surface area contributed by atoms with Gasteiger partial charge in [0, 0.05) is 5.69 Å². The van der Waals surface area contributed by atoms with Gasteiger partial charge in [-0.05, 0) is 41.3 Å². The first-order chi connectivity index (χ1) is 6.65. The van der Waals surface area contributed by atoms with Crippen molar-refractivity contribution in [3.8, 4) is 0 Å². The van der Waals surface area contributed by atoms with Crippen molar-refractivity contribution < 1.29 is 4.79 Å². The summed E-state index contributed by atoms with van der Waals surface area (Å²) in [6, 6.07) is 5.90. The van der Waals surface area contributed by atoms with E-state index < -0.39 is 0 Å². The van der Waals surface area contributed by atoms with E-state index in [-0.39, 0.29) is 0 Å². The van der Waals surface area contributed by atoms with Crippen LogP contribution in [0.3, 0.4) is 0 Å². The first-order valence-corrected chi connectivity index (χ1v) is 4.66. The van der Waals surface area contributed by atoms with Gasteiger partial charge in [-0.1, -0.05) is 19.9 Å². The van der Waals surface area contributed by atoms with Crippen molar-refractivity contribution >= 4 is 18.0 Å². The fraction of sp³-hybridized carbons (Fsp3) is 0.250. The minimum absolute atomic E-state index is 0.471. The average Bonchev–Trinajstić information content (AvgIpc) is 2.16. The molecular formula is C12H15NO. The summed E-state index contributed by atoms with van der Waals surface area (Å²) in [5, 5.41) is 0. The number of hydrogen-bond acceptors (Lipinski definition) is 2. The van der Waals surface area contributed by atoms with Crippen LogP contribution in [0.5, 0.6) is 0 Å². The first kappa shape index (κ1) is 10.5. The third-order valence-corrected chi connectivity index (χ3v) is 2.13. The second-order valence-corrected chi connectivity index (χ2v) is 3.54. The number of carbonyl (C=O) groups is 1. The van der Waals surface area contributed by atoms with Crippen LogP contribution in [0.2, 0.25) is 0 Å². The Morgan fingerprint density at radius 2 is 2.07 bits per heavy atom. The maximum atomic E-state index is 10.2. The summed E-state index contributed by atoms with van der Waals surface area (Å²) in [7, 11) is 0. The number of anilines is 1. The number of carbonyl (C=O) groups excluding carboxylic acids is 1. The highest BCUT2D eigenvalue weighted by Gasteiger charge is 2.01. The molecule has 0 amide bonds. The Kier molecular flexibility index (Phi) is 3.46. The van der Waals surface area contributed by atoms with Crippen LogP contribution < -0.4 is 5.73 Å². The average molecular weight is 189 g/mol. The third-order valence-electron chi connectivity index (χ3n) is 2.13. The van der Waals surface area contributed by atoms with Gasteiger partial charge in [0.2, 0.25) is 0 Å². The van der Waals surface area contributed by atoms with Crippen LogP contribution in [0, 0.1) is 0 Å². The van der Waals surface area contributed by atoms with Crippen LogP contribution in [0.4, 0.5) is 5.69 Å².